The lowest BCUT2D eigenvalue weighted by Gasteiger charge is -2.08. The lowest BCUT2D eigenvalue weighted by Crippen LogP contribution is -2.16. The summed E-state index contributed by atoms with van der Waals surface area (Å²) in [7, 11) is 0. The van der Waals surface area contributed by atoms with Crippen LogP contribution in [-0.2, 0) is 0 Å². The summed E-state index contributed by atoms with van der Waals surface area (Å²) in [6.07, 6.45) is 2.90. The van der Waals surface area contributed by atoms with Crippen LogP contribution in [0.15, 0.2) is 42.7 Å². The fourth-order valence-electron chi connectivity index (χ4n) is 2.19. The van der Waals surface area contributed by atoms with E-state index in [0.29, 0.717) is 22.9 Å². The van der Waals surface area contributed by atoms with E-state index in [9.17, 15) is 14.9 Å². The lowest BCUT2D eigenvalue weighted by molar-refractivity contribution is -0.384. The molecule has 0 aliphatic heterocycles. The average Bonchev–Trinajstić information content (AvgIpc) is 2.95. The first-order valence-corrected chi connectivity index (χ1v) is 7.35. The molecule has 1 amide bonds. The van der Waals surface area contributed by atoms with Crippen molar-refractivity contribution in [3.8, 4) is 5.69 Å². The van der Waals surface area contributed by atoms with Crippen molar-refractivity contribution >= 4 is 17.4 Å². The Kier molecular flexibility index (Phi) is 4.21. The van der Waals surface area contributed by atoms with Gasteiger partial charge in [-0.1, -0.05) is 0 Å². The number of rotatable bonds is 4. The topological polar surface area (TPSA) is 116 Å². The second-order valence-electron chi connectivity index (χ2n) is 5.35. The van der Waals surface area contributed by atoms with E-state index >= 15 is 0 Å². The molecule has 25 heavy (non-hydrogen) atoms. The quantitative estimate of drug-likeness (QED) is 0.577. The van der Waals surface area contributed by atoms with Crippen LogP contribution in [0.4, 0.5) is 11.5 Å². The number of hydrogen-bond donors (Lipinski definition) is 1. The Bertz CT molecular complexity index is 932. The molecule has 0 fully saturated rings. The molecule has 0 aliphatic rings. The number of anilines is 1. The van der Waals surface area contributed by atoms with Crippen molar-refractivity contribution in [3.63, 3.8) is 0 Å². The molecule has 3 aromatic rings. The highest BCUT2D eigenvalue weighted by atomic mass is 16.6. The maximum absolute atomic E-state index is 12.3. The number of non-ortho nitro benzene ring substituents is 1. The van der Waals surface area contributed by atoms with Crippen molar-refractivity contribution in [3.05, 3.63) is 69.9 Å². The molecule has 2 heterocycles. The molecular weight excluding hydrogens is 324 g/mol. The van der Waals surface area contributed by atoms with Crippen molar-refractivity contribution in [2.45, 2.75) is 13.8 Å². The van der Waals surface area contributed by atoms with Gasteiger partial charge in [-0.15, -0.1) is 0 Å². The summed E-state index contributed by atoms with van der Waals surface area (Å²) in [6.45, 7) is 3.56. The van der Waals surface area contributed by atoms with Gasteiger partial charge in [0.1, 0.15) is 11.5 Å². The normalized spacial score (nSPS) is 10.5. The van der Waals surface area contributed by atoms with Gasteiger partial charge in [-0.05, 0) is 26.0 Å². The number of carbonyl (C=O) groups is 1. The Balaban J connectivity index is 1.89. The first kappa shape index (κ1) is 16.2. The fraction of sp³-hybridized carbons (Fsp3) is 0.125. The SMILES string of the molecule is Cc1cnc(C(=O)Nc2cc(C)nn2-c2ccc([N+](=O)[O-])cc2)cn1. The van der Waals surface area contributed by atoms with Gasteiger partial charge in [0.2, 0.25) is 0 Å². The van der Waals surface area contributed by atoms with Gasteiger partial charge in [0, 0.05) is 24.4 Å². The first-order chi connectivity index (χ1) is 11.9. The molecule has 0 radical (unpaired) electrons. The molecular formula is C16H14N6O3. The number of nitro groups is 1. The standard InChI is InChI=1S/C16H14N6O3/c1-10-7-15(19-16(23)14-9-17-11(2)8-18-14)21(20-10)12-3-5-13(6-4-12)22(24)25/h3-9H,1-2H3,(H,19,23). The minimum Gasteiger partial charge on any atom is -0.305 e. The van der Waals surface area contributed by atoms with Crippen LogP contribution in [0.2, 0.25) is 0 Å². The molecule has 3 rings (SSSR count). The van der Waals surface area contributed by atoms with Crippen molar-refractivity contribution in [1.29, 1.82) is 0 Å². The second-order valence-corrected chi connectivity index (χ2v) is 5.35. The number of nitrogens with zero attached hydrogens (tertiary/aromatic N) is 5. The van der Waals surface area contributed by atoms with Crippen LogP contribution in [0.5, 0.6) is 0 Å². The minimum atomic E-state index is -0.475. The molecule has 126 valence electrons. The van der Waals surface area contributed by atoms with Crippen molar-refractivity contribution in [1.82, 2.24) is 19.7 Å². The van der Waals surface area contributed by atoms with Crippen molar-refractivity contribution < 1.29 is 9.72 Å². The van der Waals surface area contributed by atoms with E-state index in [1.54, 1.807) is 32.0 Å². The lowest BCUT2D eigenvalue weighted by atomic mass is 10.3. The number of nitrogens with one attached hydrogen (secondary N) is 1. The van der Waals surface area contributed by atoms with Crippen LogP contribution in [0.3, 0.4) is 0 Å². The predicted molar refractivity (Wildman–Crippen MR) is 89.7 cm³/mol. The number of hydrogen-bond acceptors (Lipinski definition) is 6. The summed E-state index contributed by atoms with van der Waals surface area (Å²) in [5.74, 6) is 0.00860. The largest absolute Gasteiger partial charge is 0.305 e. The Morgan fingerprint density at radius 3 is 2.44 bits per heavy atom. The summed E-state index contributed by atoms with van der Waals surface area (Å²) in [6, 6.07) is 7.57. The third kappa shape index (κ3) is 3.50. The molecule has 0 unspecified atom stereocenters. The van der Waals surface area contributed by atoms with Gasteiger partial charge in [-0.3, -0.25) is 19.9 Å². The number of amides is 1. The smallest absolute Gasteiger partial charge is 0.277 e. The fourth-order valence-corrected chi connectivity index (χ4v) is 2.19. The molecule has 1 N–H and O–H groups in total. The number of carbonyl (C=O) groups excluding carboxylic acids is 1. The van der Waals surface area contributed by atoms with E-state index in [0.717, 1.165) is 0 Å². The number of nitro benzene ring substituents is 1. The highest BCUT2D eigenvalue weighted by Gasteiger charge is 2.14. The molecule has 0 spiro atoms. The summed E-state index contributed by atoms with van der Waals surface area (Å²) in [5, 5.41) is 17.8. The number of benzene rings is 1. The van der Waals surface area contributed by atoms with E-state index in [1.165, 1.54) is 29.2 Å². The van der Waals surface area contributed by atoms with E-state index < -0.39 is 10.8 Å². The Hall–Kier alpha value is -3.62. The Morgan fingerprint density at radius 2 is 1.84 bits per heavy atom. The van der Waals surface area contributed by atoms with E-state index in [2.05, 4.69) is 20.4 Å². The van der Waals surface area contributed by atoms with Gasteiger partial charge >= 0.3 is 0 Å². The Labute approximate surface area is 142 Å². The Morgan fingerprint density at radius 1 is 1.12 bits per heavy atom. The summed E-state index contributed by atoms with van der Waals surface area (Å²) in [5.41, 5.74) is 2.14. The highest BCUT2D eigenvalue weighted by molar-refractivity contribution is 6.02. The minimum absolute atomic E-state index is 0.0202. The van der Waals surface area contributed by atoms with Gasteiger partial charge < -0.3 is 5.32 Å². The molecule has 0 aliphatic carbocycles. The first-order valence-electron chi connectivity index (χ1n) is 7.35. The number of aromatic nitrogens is 4. The third-order valence-electron chi connectivity index (χ3n) is 3.39. The molecule has 0 atom stereocenters. The molecule has 9 nitrogen and oxygen atoms in total. The van der Waals surface area contributed by atoms with Crippen LogP contribution in [0.1, 0.15) is 21.9 Å². The van der Waals surface area contributed by atoms with E-state index in [4.69, 9.17) is 0 Å². The molecule has 0 bridgehead atoms. The van der Waals surface area contributed by atoms with E-state index in [-0.39, 0.29) is 11.4 Å². The van der Waals surface area contributed by atoms with Crippen LogP contribution in [-0.4, -0.2) is 30.6 Å². The monoisotopic (exact) mass is 338 g/mol. The molecule has 1 aromatic carbocycles. The average molecular weight is 338 g/mol. The zero-order chi connectivity index (χ0) is 18.0. The van der Waals surface area contributed by atoms with Crippen molar-refractivity contribution in [2.24, 2.45) is 0 Å². The molecule has 9 heteroatoms. The highest BCUT2D eigenvalue weighted by Crippen LogP contribution is 2.20. The molecule has 2 aromatic heterocycles. The zero-order valence-electron chi connectivity index (χ0n) is 13.5. The summed E-state index contributed by atoms with van der Waals surface area (Å²) < 4.78 is 1.50. The van der Waals surface area contributed by atoms with Gasteiger partial charge in [-0.2, -0.15) is 5.10 Å². The predicted octanol–water partition coefficient (Wildman–Crippen LogP) is 2.44. The van der Waals surface area contributed by atoms with Crippen LogP contribution < -0.4 is 5.32 Å². The maximum Gasteiger partial charge on any atom is 0.277 e. The summed E-state index contributed by atoms with van der Waals surface area (Å²) >= 11 is 0. The van der Waals surface area contributed by atoms with E-state index in [1.807, 2.05) is 0 Å². The third-order valence-corrected chi connectivity index (χ3v) is 3.39. The maximum atomic E-state index is 12.3. The van der Waals surface area contributed by atoms with Gasteiger partial charge in [0.25, 0.3) is 11.6 Å². The zero-order valence-corrected chi connectivity index (χ0v) is 13.5. The molecule has 0 saturated heterocycles. The van der Waals surface area contributed by atoms with Crippen LogP contribution in [0.25, 0.3) is 5.69 Å². The number of aryl methyl sites for hydroxylation is 2. The second kappa shape index (κ2) is 6.48. The van der Waals surface area contributed by atoms with Gasteiger partial charge in [0.05, 0.1) is 28.2 Å². The van der Waals surface area contributed by atoms with Crippen LogP contribution in [0, 0.1) is 24.0 Å². The van der Waals surface area contributed by atoms with Crippen molar-refractivity contribution in [2.75, 3.05) is 5.32 Å². The van der Waals surface area contributed by atoms with Gasteiger partial charge in [0.15, 0.2) is 0 Å². The van der Waals surface area contributed by atoms with Gasteiger partial charge in [-0.25, -0.2) is 9.67 Å². The van der Waals surface area contributed by atoms with Crippen LogP contribution >= 0.6 is 0 Å². The molecule has 0 saturated carbocycles. The summed E-state index contributed by atoms with van der Waals surface area (Å²) in [4.78, 5) is 30.7.